The summed E-state index contributed by atoms with van der Waals surface area (Å²) in [6, 6.07) is 1.02. The van der Waals surface area contributed by atoms with Crippen molar-refractivity contribution in [2.75, 3.05) is 13.7 Å². The average molecular weight is 375 g/mol. The van der Waals surface area contributed by atoms with Crippen LogP contribution in [0.15, 0.2) is 23.9 Å². The van der Waals surface area contributed by atoms with Gasteiger partial charge in [-0.1, -0.05) is 0 Å². The first-order chi connectivity index (χ1) is 12.0. The zero-order chi connectivity index (χ0) is 19.5. The number of ether oxygens (including phenoxy) is 1. The zero-order valence-corrected chi connectivity index (χ0v) is 14.5. The molecule has 2 heterocycles. The molecule has 0 saturated carbocycles. The molecular weight excluding hydrogens is 355 g/mol. The summed E-state index contributed by atoms with van der Waals surface area (Å²) in [6.07, 6.45) is -3.69. The number of nitrogens with zero attached hydrogens (tertiary/aromatic N) is 1. The van der Waals surface area contributed by atoms with Crippen LogP contribution in [0.25, 0.3) is 5.57 Å². The molecule has 3 N–H and O–H groups in total. The molecule has 26 heavy (non-hydrogen) atoms. The number of hydroxylamine groups is 1. The first-order valence-electron chi connectivity index (χ1n) is 7.74. The highest BCUT2D eigenvalue weighted by Crippen LogP contribution is 2.34. The van der Waals surface area contributed by atoms with E-state index in [0.29, 0.717) is 5.75 Å². The number of carbonyl (C=O) groups excluding carboxylic acids is 1. The molecule has 1 atom stereocenters. The van der Waals surface area contributed by atoms with Crippen molar-refractivity contribution < 1.29 is 32.6 Å². The second-order valence-corrected chi connectivity index (χ2v) is 6.18. The normalized spacial score (nSPS) is 18.7. The second-order valence-electron chi connectivity index (χ2n) is 6.18. The van der Waals surface area contributed by atoms with Gasteiger partial charge < -0.3 is 15.2 Å². The quantitative estimate of drug-likeness (QED) is 0.516. The zero-order valence-electron chi connectivity index (χ0n) is 14.5. The van der Waals surface area contributed by atoms with Crippen molar-refractivity contribution in [3.05, 3.63) is 29.6 Å². The Hall–Kier alpha value is -2.17. The van der Waals surface area contributed by atoms with E-state index in [4.69, 9.17) is 9.57 Å². The Labute approximate surface area is 148 Å². The number of nitrogens with one attached hydrogen (secondary N) is 2. The van der Waals surface area contributed by atoms with E-state index in [-0.39, 0.29) is 23.4 Å². The van der Waals surface area contributed by atoms with E-state index in [1.165, 1.54) is 33.2 Å². The Balaban J connectivity index is 2.35. The molecule has 0 unspecified atom stereocenters. The molecule has 0 saturated heterocycles. The number of carbonyl (C=O) groups is 1. The van der Waals surface area contributed by atoms with E-state index in [1.54, 1.807) is 6.07 Å². The molecule has 1 aromatic heterocycles. The van der Waals surface area contributed by atoms with Crippen LogP contribution in [0.1, 0.15) is 26.0 Å². The van der Waals surface area contributed by atoms with Crippen molar-refractivity contribution in [2.45, 2.75) is 38.3 Å². The SMILES string of the molecule is COc1ccc(C2=C(CNOC(C)(C)O)C(=O)N[C@@H](C(F)(F)F)C2)nc1. The Bertz CT molecular complexity index is 681. The third kappa shape index (κ3) is 5.16. The van der Waals surface area contributed by atoms with E-state index in [0.717, 1.165) is 0 Å². The third-order valence-corrected chi connectivity index (χ3v) is 3.60. The number of hydrogen-bond acceptors (Lipinski definition) is 6. The number of methoxy groups -OCH3 is 1. The van der Waals surface area contributed by atoms with Crippen LogP contribution in [0.5, 0.6) is 5.75 Å². The number of halogens is 3. The number of aromatic nitrogens is 1. The van der Waals surface area contributed by atoms with E-state index in [9.17, 15) is 23.1 Å². The minimum atomic E-state index is -4.59. The van der Waals surface area contributed by atoms with Crippen LogP contribution in [0.4, 0.5) is 13.2 Å². The maximum absolute atomic E-state index is 13.1. The molecule has 1 aliphatic rings. The summed E-state index contributed by atoms with van der Waals surface area (Å²) in [5.41, 5.74) is 2.82. The van der Waals surface area contributed by atoms with Crippen LogP contribution in [-0.2, 0) is 9.63 Å². The molecular formula is C16H20F3N3O4. The van der Waals surface area contributed by atoms with Crippen molar-refractivity contribution in [3.63, 3.8) is 0 Å². The van der Waals surface area contributed by atoms with Crippen LogP contribution in [0.3, 0.4) is 0 Å². The summed E-state index contributed by atoms with van der Waals surface area (Å²) in [5.74, 6) is -1.95. The maximum Gasteiger partial charge on any atom is 0.408 e. The first kappa shape index (κ1) is 20.1. The Morgan fingerprint density at radius 1 is 1.38 bits per heavy atom. The van der Waals surface area contributed by atoms with Crippen molar-refractivity contribution in [3.8, 4) is 5.75 Å². The van der Waals surface area contributed by atoms with Gasteiger partial charge in [-0.2, -0.15) is 18.7 Å². The molecule has 1 aromatic rings. The summed E-state index contributed by atoms with van der Waals surface area (Å²) in [7, 11) is 1.44. The minimum Gasteiger partial charge on any atom is -0.495 e. The molecule has 7 nitrogen and oxygen atoms in total. The lowest BCUT2D eigenvalue weighted by Crippen LogP contribution is -2.50. The fourth-order valence-corrected chi connectivity index (χ4v) is 2.37. The highest BCUT2D eigenvalue weighted by Gasteiger charge is 2.44. The molecule has 0 fully saturated rings. The first-order valence-corrected chi connectivity index (χ1v) is 7.74. The van der Waals surface area contributed by atoms with Crippen molar-refractivity contribution in [1.29, 1.82) is 0 Å². The number of amides is 1. The van der Waals surface area contributed by atoms with Crippen LogP contribution < -0.4 is 15.5 Å². The van der Waals surface area contributed by atoms with Gasteiger partial charge in [0, 0.05) is 12.0 Å². The molecule has 1 aliphatic heterocycles. The van der Waals surface area contributed by atoms with Crippen LogP contribution in [0.2, 0.25) is 0 Å². The molecule has 0 bridgehead atoms. The number of rotatable bonds is 6. The predicted octanol–water partition coefficient (Wildman–Crippen LogP) is 1.54. The molecule has 0 spiro atoms. The topological polar surface area (TPSA) is 92.7 Å². The van der Waals surface area contributed by atoms with Crippen LogP contribution in [0, 0.1) is 0 Å². The number of alkyl halides is 3. The standard InChI is InChI=1S/C16H20F3N3O4/c1-15(2,24)26-21-8-11-10(12-5-4-9(25-3)7-20-12)6-13(16(17,18)19)22-14(11)23/h4-5,7,13,21,24H,6,8H2,1-3H3,(H,22,23)/t13-/m1/s1. The maximum atomic E-state index is 13.1. The van der Waals surface area contributed by atoms with E-state index in [1.807, 2.05) is 5.32 Å². The molecule has 0 aromatic carbocycles. The lowest BCUT2D eigenvalue weighted by Gasteiger charge is -2.30. The van der Waals surface area contributed by atoms with Gasteiger partial charge in [0.15, 0.2) is 5.79 Å². The van der Waals surface area contributed by atoms with Gasteiger partial charge >= 0.3 is 6.18 Å². The lowest BCUT2D eigenvalue weighted by molar-refractivity contribution is -0.213. The number of hydrogen-bond donors (Lipinski definition) is 3. The monoisotopic (exact) mass is 375 g/mol. The smallest absolute Gasteiger partial charge is 0.408 e. The van der Waals surface area contributed by atoms with Gasteiger partial charge in [-0.3, -0.25) is 14.6 Å². The van der Waals surface area contributed by atoms with E-state index in [2.05, 4.69) is 10.5 Å². The molecule has 1 amide bonds. The third-order valence-electron chi connectivity index (χ3n) is 3.60. The largest absolute Gasteiger partial charge is 0.495 e. The number of pyridine rings is 1. The molecule has 0 radical (unpaired) electrons. The highest BCUT2D eigenvalue weighted by atomic mass is 19.4. The van der Waals surface area contributed by atoms with Gasteiger partial charge in [-0.15, -0.1) is 0 Å². The highest BCUT2D eigenvalue weighted by molar-refractivity contribution is 6.03. The van der Waals surface area contributed by atoms with Crippen molar-refractivity contribution >= 4 is 11.5 Å². The molecule has 10 heteroatoms. The van der Waals surface area contributed by atoms with E-state index >= 15 is 0 Å². The summed E-state index contributed by atoms with van der Waals surface area (Å²) >= 11 is 0. The second kappa shape index (κ2) is 7.60. The predicted molar refractivity (Wildman–Crippen MR) is 85.7 cm³/mol. The van der Waals surface area contributed by atoms with Crippen molar-refractivity contribution in [2.24, 2.45) is 0 Å². The Morgan fingerprint density at radius 2 is 2.08 bits per heavy atom. The average Bonchev–Trinajstić information content (AvgIpc) is 2.54. The number of aliphatic hydroxyl groups is 1. The van der Waals surface area contributed by atoms with Gasteiger partial charge in [0.25, 0.3) is 0 Å². The van der Waals surface area contributed by atoms with Crippen LogP contribution >= 0.6 is 0 Å². The molecule has 2 rings (SSSR count). The van der Waals surface area contributed by atoms with Gasteiger partial charge in [0.05, 0.1) is 25.5 Å². The summed E-state index contributed by atoms with van der Waals surface area (Å²) < 4.78 is 44.3. The molecule has 0 aliphatic carbocycles. The minimum absolute atomic E-state index is 0.0485. The molecule has 144 valence electrons. The summed E-state index contributed by atoms with van der Waals surface area (Å²) in [4.78, 5) is 21.2. The van der Waals surface area contributed by atoms with Gasteiger partial charge in [0.1, 0.15) is 11.8 Å². The lowest BCUT2D eigenvalue weighted by atomic mass is 9.92. The van der Waals surface area contributed by atoms with Gasteiger partial charge in [-0.25, -0.2) is 0 Å². The van der Waals surface area contributed by atoms with E-state index < -0.39 is 30.3 Å². The van der Waals surface area contributed by atoms with Gasteiger partial charge in [-0.05, 0) is 31.6 Å². The fraction of sp³-hybridized carbons (Fsp3) is 0.500. The van der Waals surface area contributed by atoms with Gasteiger partial charge in [0.2, 0.25) is 5.91 Å². The Kier molecular flexibility index (Phi) is 5.89. The summed E-state index contributed by atoms with van der Waals surface area (Å²) in [5, 5.41) is 11.5. The fourth-order valence-electron chi connectivity index (χ4n) is 2.37. The summed E-state index contributed by atoms with van der Waals surface area (Å²) in [6.45, 7) is 2.52. The Morgan fingerprint density at radius 3 is 2.58 bits per heavy atom. The van der Waals surface area contributed by atoms with Crippen LogP contribution in [-0.4, -0.2) is 47.7 Å². The van der Waals surface area contributed by atoms with Crippen molar-refractivity contribution in [1.82, 2.24) is 15.8 Å².